The molecule has 6 heteroatoms. The smallest absolute Gasteiger partial charge is 0.335 e. The van der Waals surface area contributed by atoms with Crippen LogP contribution in [0, 0.1) is 0 Å². The number of hydrogen-bond acceptors (Lipinski definition) is 3. The average Bonchev–Trinajstić information content (AvgIpc) is 2.25. The normalized spacial score (nSPS) is 10.6. The van der Waals surface area contributed by atoms with Gasteiger partial charge >= 0.3 is 5.97 Å². The molecule has 82 valence electrons. The van der Waals surface area contributed by atoms with Gasteiger partial charge in [0.25, 0.3) is 5.56 Å². The first-order valence-corrected chi connectivity index (χ1v) is 4.78. The molecular weight excluding hydrogens is 232 g/mol. The standard InChI is InChI=1S/C10H7ClN2O3/c1-13-8(14)6-3-2-5(9(15)16)4-7(6)12-10(13)11/h2-4H,1H3,(H,15,16). The first kappa shape index (κ1) is 10.6. The van der Waals surface area contributed by atoms with Crippen LogP contribution in [0.3, 0.4) is 0 Å². The maximum absolute atomic E-state index is 11.7. The summed E-state index contributed by atoms with van der Waals surface area (Å²) in [6.07, 6.45) is 0. The summed E-state index contributed by atoms with van der Waals surface area (Å²) >= 11 is 5.73. The average molecular weight is 239 g/mol. The van der Waals surface area contributed by atoms with Crippen LogP contribution in [0.5, 0.6) is 0 Å². The van der Waals surface area contributed by atoms with Gasteiger partial charge in [0, 0.05) is 7.05 Å². The predicted octanol–water partition coefficient (Wildman–Crippen LogP) is 1.29. The number of halogens is 1. The summed E-state index contributed by atoms with van der Waals surface area (Å²) in [5.41, 5.74) is 0.0595. The van der Waals surface area contributed by atoms with Crippen LogP contribution < -0.4 is 5.56 Å². The van der Waals surface area contributed by atoms with Crippen molar-refractivity contribution in [3.8, 4) is 0 Å². The van der Waals surface area contributed by atoms with Crippen LogP contribution in [-0.4, -0.2) is 20.6 Å². The van der Waals surface area contributed by atoms with Gasteiger partial charge in [-0.15, -0.1) is 0 Å². The fourth-order valence-corrected chi connectivity index (χ4v) is 1.54. The molecule has 0 saturated heterocycles. The highest BCUT2D eigenvalue weighted by Crippen LogP contribution is 2.13. The lowest BCUT2D eigenvalue weighted by atomic mass is 10.1. The fourth-order valence-electron chi connectivity index (χ4n) is 1.38. The Kier molecular flexibility index (Phi) is 2.40. The highest BCUT2D eigenvalue weighted by Gasteiger charge is 2.09. The first-order valence-electron chi connectivity index (χ1n) is 4.40. The Hall–Kier alpha value is -1.88. The number of aromatic nitrogens is 2. The zero-order valence-electron chi connectivity index (χ0n) is 8.27. The van der Waals surface area contributed by atoms with Gasteiger partial charge in [0.1, 0.15) is 0 Å². The van der Waals surface area contributed by atoms with Gasteiger partial charge < -0.3 is 5.11 Å². The van der Waals surface area contributed by atoms with E-state index in [4.69, 9.17) is 16.7 Å². The molecule has 0 unspecified atom stereocenters. The molecule has 0 amide bonds. The van der Waals surface area contributed by atoms with Crippen molar-refractivity contribution in [2.24, 2.45) is 7.05 Å². The Morgan fingerprint density at radius 3 is 2.81 bits per heavy atom. The van der Waals surface area contributed by atoms with E-state index in [-0.39, 0.29) is 21.9 Å². The number of carbonyl (C=O) groups is 1. The van der Waals surface area contributed by atoms with Crippen LogP contribution in [0.1, 0.15) is 10.4 Å². The minimum atomic E-state index is -1.07. The van der Waals surface area contributed by atoms with E-state index < -0.39 is 5.97 Å². The van der Waals surface area contributed by atoms with Crippen LogP contribution in [0.25, 0.3) is 10.9 Å². The van der Waals surface area contributed by atoms with Gasteiger partial charge in [-0.1, -0.05) is 0 Å². The third-order valence-electron chi connectivity index (χ3n) is 2.27. The van der Waals surface area contributed by atoms with E-state index in [0.29, 0.717) is 5.39 Å². The Labute approximate surface area is 94.9 Å². The van der Waals surface area contributed by atoms with Crippen molar-refractivity contribution >= 4 is 28.5 Å². The number of aromatic carboxylic acids is 1. The number of benzene rings is 1. The van der Waals surface area contributed by atoms with E-state index in [2.05, 4.69) is 4.98 Å². The molecule has 2 rings (SSSR count). The minimum Gasteiger partial charge on any atom is -0.478 e. The molecule has 0 saturated carbocycles. The molecule has 0 aliphatic carbocycles. The second kappa shape index (κ2) is 3.61. The van der Waals surface area contributed by atoms with Gasteiger partial charge in [-0.2, -0.15) is 0 Å². The molecule has 1 heterocycles. The molecule has 2 aromatic rings. The third kappa shape index (κ3) is 1.55. The SMILES string of the molecule is Cn1c(Cl)nc2cc(C(=O)O)ccc2c1=O. The highest BCUT2D eigenvalue weighted by molar-refractivity contribution is 6.28. The summed E-state index contributed by atoms with van der Waals surface area (Å²) in [5, 5.41) is 9.17. The van der Waals surface area contributed by atoms with Crippen molar-refractivity contribution < 1.29 is 9.90 Å². The Bertz CT molecular complexity index is 648. The van der Waals surface area contributed by atoms with Gasteiger partial charge in [0.05, 0.1) is 16.5 Å². The van der Waals surface area contributed by atoms with Gasteiger partial charge in [0.2, 0.25) is 5.28 Å². The second-order valence-electron chi connectivity index (χ2n) is 3.28. The molecule has 0 aliphatic rings. The van der Waals surface area contributed by atoms with Crippen molar-refractivity contribution in [1.82, 2.24) is 9.55 Å². The van der Waals surface area contributed by atoms with Crippen LogP contribution in [0.15, 0.2) is 23.0 Å². The number of rotatable bonds is 1. The lowest BCUT2D eigenvalue weighted by Crippen LogP contribution is -2.18. The molecule has 16 heavy (non-hydrogen) atoms. The number of carboxylic acid groups (broad SMARTS) is 1. The molecule has 0 bridgehead atoms. The van der Waals surface area contributed by atoms with E-state index >= 15 is 0 Å². The summed E-state index contributed by atoms with van der Waals surface area (Å²) in [6, 6.07) is 4.12. The van der Waals surface area contributed by atoms with Crippen LogP contribution in [0.4, 0.5) is 0 Å². The molecule has 0 spiro atoms. The zero-order valence-corrected chi connectivity index (χ0v) is 9.02. The topological polar surface area (TPSA) is 72.2 Å². The third-order valence-corrected chi connectivity index (χ3v) is 2.61. The number of nitrogens with zero attached hydrogens (tertiary/aromatic N) is 2. The molecule has 0 radical (unpaired) electrons. The molecule has 1 aromatic heterocycles. The van der Waals surface area contributed by atoms with E-state index in [9.17, 15) is 9.59 Å². The maximum atomic E-state index is 11.7. The van der Waals surface area contributed by atoms with Crippen LogP contribution in [-0.2, 0) is 7.05 Å². The molecule has 0 atom stereocenters. The van der Waals surface area contributed by atoms with Crippen molar-refractivity contribution in [3.05, 3.63) is 39.4 Å². The quantitative estimate of drug-likeness (QED) is 0.760. The molecule has 1 aromatic carbocycles. The fraction of sp³-hybridized carbons (Fsp3) is 0.100. The van der Waals surface area contributed by atoms with Crippen molar-refractivity contribution in [3.63, 3.8) is 0 Å². The minimum absolute atomic E-state index is 0.0278. The summed E-state index contributed by atoms with van der Waals surface area (Å²) in [6.45, 7) is 0. The van der Waals surface area contributed by atoms with Crippen LogP contribution in [0.2, 0.25) is 5.28 Å². The molecule has 1 N–H and O–H groups in total. The van der Waals surface area contributed by atoms with E-state index in [1.807, 2.05) is 0 Å². The Morgan fingerprint density at radius 2 is 2.19 bits per heavy atom. The largest absolute Gasteiger partial charge is 0.478 e. The van der Waals surface area contributed by atoms with Crippen molar-refractivity contribution in [2.75, 3.05) is 0 Å². The number of hydrogen-bond donors (Lipinski definition) is 1. The van der Waals surface area contributed by atoms with Gasteiger partial charge in [-0.25, -0.2) is 9.78 Å². The molecule has 0 fully saturated rings. The summed E-state index contributed by atoms with van der Waals surface area (Å²) in [4.78, 5) is 26.4. The lowest BCUT2D eigenvalue weighted by molar-refractivity contribution is 0.0697. The Morgan fingerprint density at radius 1 is 1.50 bits per heavy atom. The van der Waals surface area contributed by atoms with E-state index in [0.717, 1.165) is 0 Å². The second-order valence-corrected chi connectivity index (χ2v) is 3.62. The zero-order chi connectivity index (χ0) is 11.9. The molecule has 5 nitrogen and oxygen atoms in total. The monoisotopic (exact) mass is 238 g/mol. The van der Waals surface area contributed by atoms with Gasteiger partial charge in [-0.3, -0.25) is 9.36 Å². The Balaban J connectivity index is 2.86. The summed E-state index contributed by atoms with van der Waals surface area (Å²) in [5.74, 6) is -1.07. The summed E-state index contributed by atoms with van der Waals surface area (Å²) < 4.78 is 1.20. The summed E-state index contributed by atoms with van der Waals surface area (Å²) in [7, 11) is 1.50. The van der Waals surface area contributed by atoms with Crippen molar-refractivity contribution in [1.29, 1.82) is 0 Å². The van der Waals surface area contributed by atoms with Gasteiger partial charge in [-0.05, 0) is 29.8 Å². The van der Waals surface area contributed by atoms with E-state index in [1.165, 1.54) is 29.8 Å². The van der Waals surface area contributed by atoms with E-state index in [1.54, 1.807) is 0 Å². The van der Waals surface area contributed by atoms with Gasteiger partial charge in [0.15, 0.2) is 0 Å². The van der Waals surface area contributed by atoms with Crippen LogP contribution >= 0.6 is 11.6 Å². The maximum Gasteiger partial charge on any atom is 0.335 e. The number of carboxylic acids is 1. The number of fused-ring (bicyclic) bond motifs is 1. The first-order chi connectivity index (χ1) is 7.50. The predicted molar refractivity (Wildman–Crippen MR) is 59.0 cm³/mol. The molecular formula is C10H7ClN2O3. The van der Waals surface area contributed by atoms with Crippen molar-refractivity contribution in [2.45, 2.75) is 0 Å². The molecule has 0 aliphatic heterocycles. The highest BCUT2D eigenvalue weighted by atomic mass is 35.5. The lowest BCUT2D eigenvalue weighted by Gasteiger charge is -2.03.